The first kappa shape index (κ1) is 6.28. The lowest BCUT2D eigenvalue weighted by atomic mass is 10.7. The number of aliphatic imine (C=N–C) groups is 1. The van der Waals surface area contributed by atoms with Gasteiger partial charge in [-0.05, 0) is 0 Å². The monoisotopic (exact) mass is 144 g/mol. The molecule has 9 heavy (non-hydrogen) atoms. The van der Waals surface area contributed by atoms with E-state index in [0.717, 1.165) is 0 Å². The van der Waals surface area contributed by atoms with Gasteiger partial charge in [0.2, 0.25) is 0 Å². The second kappa shape index (κ2) is 2.63. The Bertz CT molecular complexity index is 187. The molecule has 0 unspecified atom stereocenters. The van der Waals surface area contributed by atoms with Crippen molar-refractivity contribution in [1.82, 2.24) is 0 Å². The molecule has 0 fully saturated rings. The quantitative estimate of drug-likeness (QED) is 0.388. The number of hydrogen-bond acceptors (Lipinski definition) is 4. The molecule has 0 saturated heterocycles. The van der Waals surface area contributed by atoms with E-state index in [0.29, 0.717) is 5.04 Å². The molecule has 4 nitrogen and oxygen atoms in total. The van der Waals surface area contributed by atoms with Crippen LogP contribution in [-0.4, -0.2) is 28.1 Å². The number of hydrogen-bond donors (Lipinski definition) is 1. The van der Waals surface area contributed by atoms with Gasteiger partial charge in [0, 0.05) is 0 Å². The van der Waals surface area contributed by atoms with E-state index in [2.05, 4.69) is 10.1 Å². The van der Waals surface area contributed by atoms with Crippen molar-refractivity contribution in [3.8, 4) is 0 Å². The molecule has 1 rings (SSSR count). The SMILES string of the molecule is O=C1CSC(=NO)C=N1. The number of thioether (sulfide) groups is 1. The highest BCUT2D eigenvalue weighted by molar-refractivity contribution is 8.16. The molecule has 1 aliphatic rings. The first-order valence-electron chi connectivity index (χ1n) is 2.24. The van der Waals surface area contributed by atoms with Crippen LogP contribution in [0.5, 0.6) is 0 Å². The van der Waals surface area contributed by atoms with Gasteiger partial charge in [-0.2, -0.15) is 0 Å². The maximum Gasteiger partial charge on any atom is 0.256 e. The Morgan fingerprint density at radius 2 is 2.67 bits per heavy atom. The van der Waals surface area contributed by atoms with Gasteiger partial charge in [0.15, 0.2) is 5.04 Å². The molecule has 0 aromatic heterocycles. The van der Waals surface area contributed by atoms with Crippen LogP contribution in [-0.2, 0) is 4.79 Å². The third-order valence-corrected chi connectivity index (χ3v) is 1.64. The predicted octanol–water partition coefficient (Wildman–Crippen LogP) is 0.118. The van der Waals surface area contributed by atoms with Crippen LogP contribution in [0.15, 0.2) is 10.1 Å². The highest BCUT2D eigenvalue weighted by Crippen LogP contribution is 2.06. The van der Waals surface area contributed by atoms with Gasteiger partial charge in [-0.25, -0.2) is 4.99 Å². The van der Waals surface area contributed by atoms with E-state index in [1.165, 1.54) is 18.0 Å². The summed E-state index contributed by atoms with van der Waals surface area (Å²) >= 11 is 1.17. The molecule has 0 saturated carbocycles. The van der Waals surface area contributed by atoms with Gasteiger partial charge in [0.25, 0.3) is 5.91 Å². The number of amides is 1. The van der Waals surface area contributed by atoms with E-state index in [9.17, 15) is 4.79 Å². The Hall–Kier alpha value is -0.840. The van der Waals surface area contributed by atoms with Gasteiger partial charge in [-0.1, -0.05) is 16.9 Å². The summed E-state index contributed by atoms with van der Waals surface area (Å²) < 4.78 is 0. The lowest BCUT2D eigenvalue weighted by molar-refractivity contribution is -0.115. The smallest absolute Gasteiger partial charge is 0.256 e. The molecule has 0 bridgehead atoms. The highest BCUT2D eigenvalue weighted by atomic mass is 32.2. The lowest BCUT2D eigenvalue weighted by Crippen LogP contribution is -2.10. The topological polar surface area (TPSA) is 62.0 Å². The highest BCUT2D eigenvalue weighted by Gasteiger charge is 2.08. The van der Waals surface area contributed by atoms with E-state index < -0.39 is 0 Å². The summed E-state index contributed by atoms with van der Waals surface area (Å²) in [5, 5.41) is 11.4. The fourth-order valence-corrected chi connectivity index (χ4v) is 0.923. The average molecular weight is 144 g/mol. The molecule has 48 valence electrons. The summed E-state index contributed by atoms with van der Waals surface area (Å²) in [4.78, 5) is 13.8. The van der Waals surface area contributed by atoms with Crippen LogP contribution >= 0.6 is 11.8 Å². The van der Waals surface area contributed by atoms with Crippen molar-refractivity contribution in [3.05, 3.63) is 0 Å². The largest absolute Gasteiger partial charge is 0.410 e. The van der Waals surface area contributed by atoms with Crippen LogP contribution in [0, 0.1) is 0 Å². The van der Waals surface area contributed by atoms with Gasteiger partial charge < -0.3 is 5.21 Å². The molecule has 0 aromatic carbocycles. The molecule has 1 amide bonds. The van der Waals surface area contributed by atoms with Crippen LogP contribution in [0.3, 0.4) is 0 Å². The Balaban J connectivity index is 2.69. The van der Waals surface area contributed by atoms with Crippen LogP contribution < -0.4 is 0 Å². The van der Waals surface area contributed by atoms with Crippen molar-refractivity contribution in [3.63, 3.8) is 0 Å². The lowest BCUT2D eigenvalue weighted by Gasteiger charge is -1.99. The molecule has 0 atom stereocenters. The minimum Gasteiger partial charge on any atom is -0.410 e. The molecule has 1 aliphatic heterocycles. The van der Waals surface area contributed by atoms with Crippen molar-refractivity contribution in [1.29, 1.82) is 0 Å². The minimum absolute atomic E-state index is 0.188. The van der Waals surface area contributed by atoms with Crippen molar-refractivity contribution in [2.24, 2.45) is 10.1 Å². The Labute approximate surface area is 55.7 Å². The van der Waals surface area contributed by atoms with Gasteiger partial charge in [-0.15, -0.1) is 0 Å². The first-order valence-corrected chi connectivity index (χ1v) is 3.23. The maximum atomic E-state index is 10.4. The normalized spacial score (nSPS) is 23.1. The van der Waals surface area contributed by atoms with E-state index in [4.69, 9.17) is 5.21 Å². The van der Waals surface area contributed by atoms with Gasteiger partial charge >= 0.3 is 0 Å². The van der Waals surface area contributed by atoms with Gasteiger partial charge in [-0.3, -0.25) is 4.79 Å². The van der Waals surface area contributed by atoms with Gasteiger partial charge in [0.05, 0.1) is 12.0 Å². The fourth-order valence-electron chi connectivity index (χ4n) is 0.392. The first-order chi connectivity index (χ1) is 4.33. The summed E-state index contributed by atoms with van der Waals surface area (Å²) in [5.41, 5.74) is 0. The van der Waals surface area contributed by atoms with Crippen LogP contribution in [0.1, 0.15) is 0 Å². The van der Waals surface area contributed by atoms with Crippen molar-refractivity contribution >= 4 is 28.9 Å². The Kier molecular flexibility index (Phi) is 1.84. The van der Waals surface area contributed by atoms with Crippen LogP contribution in [0.4, 0.5) is 0 Å². The minimum atomic E-state index is -0.188. The summed E-state index contributed by atoms with van der Waals surface area (Å²) in [6, 6.07) is 0. The second-order valence-corrected chi connectivity index (χ2v) is 2.37. The Morgan fingerprint density at radius 1 is 1.89 bits per heavy atom. The molecule has 0 radical (unpaired) electrons. The zero-order chi connectivity index (χ0) is 6.69. The zero-order valence-electron chi connectivity index (χ0n) is 4.44. The number of carbonyl (C=O) groups is 1. The second-order valence-electron chi connectivity index (χ2n) is 1.38. The molecular formula is C4H4N2O2S. The zero-order valence-corrected chi connectivity index (χ0v) is 5.26. The predicted molar refractivity (Wildman–Crippen MR) is 35.2 cm³/mol. The van der Waals surface area contributed by atoms with Crippen molar-refractivity contribution in [2.45, 2.75) is 0 Å². The summed E-state index contributed by atoms with van der Waals surface area (Å²) in [5.74, 6) is 0.0861. The summed E-state index contributed by atoms with van der Waals surface area (Å²) in [6.07, 6.45) is 1.25. The third kappa shape index (κ3) is 1.53. The third-order valence-electron chi connectivity index (χ3n) is 0.761. The van der Waals surface area contributed by atoms with Gasteiger partial charge in [0.1, 0.15) is 0 Å². The maximum absolute atomic E-state index is 10.4. The molecule has 1 heterocycles. The molecule has 0 spiro atoms. The molecule has 5 heteroatoms. The fraction of sp³-hybridized carbons (Fsp3) is 0.250. The van der Waals surface area contributed by atoms with Crippen molar-refractivity contribution < 1.29 is 10.0 Å². The summed E-state index contributed by atoms with van der Waals surface area (Å²) in [6.45, 7) is 0. The molecular weight excluding hydrogens is 140 g/mol. The summed E-state index contributed by atoms with van der Waals surface area (Å²) in [7, 11) is 0. The number of carbonyl (C=O) groups excluding carboxylic acids is 1. The van der Waals surface area contributed by atoms with E-state index in [-0.39, 0.29) is 11.7 Å². The van der Waals surface area contributed by atoms with E-state index in [1.807, 2.05) is 0 Å². The molecule has 0 aliphatic carbocycles. The molecule has 1 N–H and O–H groups in total. The standard InChI is InChI=1S/C4H4N2O2S/c7-3-2-9-4(6-8)1-5-3/h1,8H,2H2. The van der Waals surface area contributed by atoms with Crippen LogP contribution in [0.2, 0.25) is 0 Å². The Morgan fingerprint density at radius 3 is 3.11 bits per heavy atom. The number of nitrogens with zero attached hydrogens (tertiary/aromatic N) is 2. The van der Waals surface area contributed by atoms with Crippen molar-refractivity contribution in [2.75, 3.05) is 5.75 Å². The van der Waals surface area contributed by atoms with E-state index in [1.54, 1.807) is 0 Å². The van der Waals surface area contributed by atoms with Crippen LogP contribution in [0.25, 0.3) is 0 Å². The molecule has 0 aromatic rings. The van der Waals surface area contributed by atoms with E-state index >= 15 is 0 Å². The number of rotatable bonds is 0. The number of oxime groups is 1. The average Bonchev–Trinajstić information content (AvgIpc) is 1.90.